The van der Waals surface area contributed by atoms with Crippen LogP contribution in [0.5, 0.6) is 0 Å². The second kappa shape index (κ2) is 5.14. The first-order valence-corrected chi connectivity index (χ1v) is 4.99. The number of fused-ring (bicyclic) bond motifs is 1. The molecule has 3 N–H and O–H groups in total. The highest BCUT2D eigenvalue weighted by atomic mass is 35.5. The summed E-state index contributed by atoms with van der Waals surface area (Å²) < 4.78 is 0. The van der Waals surface area contributed by atoms with Crippen molar-refractivity contribution < 1.29 is 0 Å². The number of hydrogen-bond acceptors (Lipinski definition) is 2. The van der Waals surface area contributed by atoms with Gasteiger partial charge in [0.1, 0.15) is 0 Å². The van der Waals surface area contributed by atoms with E-state index in [4.69, 9.17) is 5.73 Å². The lowest BCUT2D eigenvalue weighted by Crippen LogP contribution is -2.21. The summed E-state index contributed by atoms with van der Waals surface area (Å²) in [5.74, 6) is 0. The van der Waals surface area contributed by atoms with E-state index in [9.17, 15) is 0 Å². The van der Waals surface area contributed by atoms with Gasteiger partial charge in [0, 0.05) is 23.5 Å². The minimum atomic E-state index is 0. The number of benzene rings is 1. The molecule has 15 heavy (non-hydrogen) atoms. The predicted octanol–water partition coefficient (Wildman–Crippen LogP) is 2.26. The Hall–Kier alpha value is -1.06. The van der Waals surface area contributed by atoms with Gasteiger partial charge >= 0.3 is 0 Å². The third-order valence-corrected chi connectivity index (χ3v) is 2.53. The van der Waals surface area contributed by atoms with Crippen LogP contribution in [-0.4, -0.2) is 16.2 Å². The molecule has 0 aliphatic carbocycles. The van der Waals surface area contributed by atoms with Crippen molar-refractivity contribution in [2.24, 2.45) is 5.73 Å². The van der Waals surface area contributed by atoms with Gasteiger partial charge in [0.25, 0.3) is 0 Å². The monoisotopic (exact) mass is 225 g/mol. The number of nitrogens with two attached hydrogens (primary N) is 1. The van der Waals surface area contributed by atoms with E-state index < -0.39 is 0 Å². The lowest BCUT2D eigenvalue weighted by atomic mass is 10.1. The van der Waals surface area contributed by atoms with E-state index in [1.165, 1.54) is 5.39 Å². The van der Waals surface area contributed by atoms with E-state index in [0.29, 0.717) is 0 Å². The molecule has 0 saturated heterocycles. The molecule has 1 unspecified atom stereocenters. The summed E-state index contributed by atoms with van der Waals surface area (Å²) in [4.78, 5) is 0. The lowest BCUT2D eigenvalue weighted by Gasteiger charge is -2.06. The molecule has 2 rings (SSSR count). The zero-order valence-corrected chi connectivity index (χ0v) is 9.55. The lowest BCUT2D eigenvalue weighted by molar-refractivity contribution is 0.637. The Bertz CT molecular complexity index is 424. The summed E-state index contributed by atoms with van der Waals surface area (Å²) in [6.45, 7) is 2.10. The van der Waals surface area contributed by atoms with Crippen molar-refractivity contribution in [1.29, 1.82) is 0 Å². The van der Waals surface area contributed by atoms with E-state index in [1.807, 2.05) is 18.2 Å². The van der Waals surface area contributed by atoms with Crippen molar-refractivity contribution in [2.75, 3.05) is 0 Å². The Morgan fingerprint density at radius 2 is 2.13 bits per heavy atom. The Morgan fingerprint density at radius 3 is 2.87 bits per heavy atom. The summed E-state index contributed by atoms with van der Waals surface area (Å²) in [5, 5.41) is 8.47. The maximum absolute atomic E-state index is 5.91. The number of hydrogen-bond donors (Lipinski definition) is 2. The van der Waals surface area contributed by atoms with Crippen LogP contribution in [0.25, 0.3) is 10.9 Å². The number of para-hydroxylation sites is 1. The van der Waals surface area contributed by atoms with Crippen LogP contribution in [0, 0.1) is 0 Å². The first-order chi connectivity index (χ1) is 6.81. The van der Waals surface area contributed by atoms with Crippen LogP contribution in [0.15, 0.2) is 24.3 Å². The average Bonchev–Trinajstić information content (AvgIpc) is 2.62. The number of aromatic amines is 1. The van der Waals surface area contributed by atoms with Gasteiger partial charge in [-0.2, -0.15) is 5.10 Å². The van der Waals surface area contributed by atoms with E-state index in [0.717, 1.165) is 24.1 Å². The predicted molar refractivity (Wildman–Crippen MR) is 65.3 cm³/mol. The van der Waals surface area contributed by atoms with E-state index in [2.05, 4.69) is 23.2 Å². The van der Waals surface area contributed by atoms with Crippen LogP contribution in [0.4, 0.5) is 0 Å². The Labute approximate surface area is 95.5 Å². The van der Waals surface area contributed by atoms with Crippen LogP contribution < -0.4 is 5.73 Å². The first-order valence-electron chi connectivity index (χ1n) is 4.99. The van der Waals surface area contributed by atoms with Gasteiger partial charge in [-0.1, -0.05) is 25.1 Å². The fraction of sp³-hybridized carbons (Fsp3) is 0.364. The van der Waals surface area contributed by atoms with Crippen molar-refractivity contribution in [1.82, 2.24) is 10.2 Å². The Kier molecular flexibility index (Phi) is 4.12. The molecule has 82 valence electrons. The molecule has 4 heteroatoms. The smallest absolute Gasteiger partial charge is 0.0923 e. The highest BCUT2D eigenvalue weighted by molar-refractivity contribution is 5.85. The minimum absolute atomic E-state index is 0. The van der Waals surface area contributed by atoms with Gasteiger partial charge in [-0.05, 0) is 12.5 Å². The molecule has 0 aliphatic heterocycles. The van der Waals surface area contributed by atoms with E-state index in [1.54, 1.807) is 0 Å². The minimum Gasteiger partial charge on any atom is -0.327 e. The van der Waals surface area contributed by atoms with Crippen LogP contribution in [-0.2, 0) is 6.42 Å². The fourth-order valence-electron chi connectivity index (χ4n) is 1.58. The second-order valence-corrected chi connectivity index (χ2v) is 3.59. The second-order valence-electron chi connectivity index (χ2n) is 3.59. The molecule has 1 heterocycles. The van der Waals surface area contributed by atoms with Crippen LogP contribution in [0.3, 0.4) is 0 Å². The number of rotatable bonds is 3. The summed E-state index contributed by atoms with van der Waals surface area (Å²) in [6.07, 6.45) is 1.87. The number of nitrogens with one attached hydrogen (secondary N) is 1. The van der Waals surface area contributed by atoms with Gasteiger partial charge in [0.05, 0.1) is 5.52 Å². The molecule has 2 aromatic rings. The van der Waals surface area contributed by atoms with Gasteiger partial charge in [-0.25, -0.2) is 0 Å². The standard InChI is InChI=1S/C11H15N3.ClH/c1-2-8(12)7-11-9-5-3-4-6-10(9)13-14-11;/h3-6,8H,2,7,12H2,1H3,(H,13,14);1H. The maximum Gasteiger partial charge on any atom is 0.0923 e. The third kappa shape index (κ3) is 2.49. The number of H-pyrrole nitrogens is 1. The molecule has 0 bridgehead atoms. The van der Waals surface area contributed by atoms with Gasteiger partial charge in [0.2, 0.25) is 0 Å². The van der Waals surface area contributed by atoms with Gasteiger partial charge < -0.3 is 5.73 Å². The fourth-order valence-corrected chi connectivity index (χ4v) is 1.58. The highest BCUT2D eigenvalue weighted by Crippen LogP contribution is 2.16. The first kappa shape index (κ1) is 12.0. The van der Waals surface area contributed by atoms with Gasteiger partial charge in [-0.3, -0.25) is 5.10 Å². The van der Waals surface area contributed by atoms with Crippen molar-refractivity contribution in [3.05, 3.63) is 30.0 Å². The molecule has 0 fully saturated rings. The molecule has 1 atom stereocenters. The average molecular weight is 226 g/mol. The zero-order chi connectivity index (χ0) is 9.97. The topological polar surface area (TPSA) is 54.7 Å². The normalized spacial score (nSPS) is 12.4. The van der Waals surface area contributed by atoms with E-state index in [-0.39, 0.29) is 18.4 Å². The molecule has 3 nitrogen and oxygen atoms in total. The van der Waals surface area contributed by atoms with Crippen LogP contribution >= 0.6 is 12.4 Å². The van der Waals surface area contributed by atoms with Crippen molar-refractivity contribution >= 4 is 23.3 Å². The molecule has 1 aromatic carbocycles. The summed E-state index contributed by atoms with van der Waals surface area (Å²) in [5.41, 5.74) is 8.07. The highest BCUT2D eigenvalue weighted by Gasteiger charge is 2.07. The Balaban J connectivity index is 0.00000112. The largest absolute Gasteiger partial charge is 0.327 e. The molecule has 1 aromatic heterocycles. The van der Waals surface area contributed by atoms with Crippen LogP contribution in [0.2, 0.25) is 0 Å². The molecule has 0 saturated carbocycles. The summed E-state index contributed by atoms with van der Waals surface area (Å²) in [7, 11) is 0. The molecule has 0 radical (unpaired) electrons. The Morgan fingerprint density at radius 1 is 1.40 bits per heavy atom. The number of nitrogens with zero attached hydrogens (tertiary/aromatic N) is 1. The van der Waals surface area contributed by atoms with E-state index >= 15 is 0 Å². The van der Waals surface area contributed by atoms with Crippen molar-refractivity contribution in [3.8, 4) is 0 Å². The van der Waals surface area contributed by atoms with Gasteiger partial charge in [-0.15, -0.1) is 12.4 Å². The quantitative estimate of drug-likeness (QED) is 0.842. The molecule has 0 aliphatic rings. The van der Waals surface area contributed by atoms with Gasteiger partial charge in [0.15, 0.2) is 0 Å². The number of aromatic nitrogens is 2. The van der Waals surface area contributed by atoms with Crippen LogP contribution in [0.1, 0.15) is 19.0 Å². The van der Waals surface area contributed by atoms with Crippen molar-refractivity contribution in [3.63, 3.8) is 0 Å². The third-order valence-electron chi connectivity index (χ3n) is 2.53. The molecular weight excluding hydrogens is 210 g/mol. The molecule has 0 spiro atoms. The summed E-state index contributed by atoms with van der Waals surface area (Å²) >= 11 is 0. The molecule has 0 amide bonds. The zero-order valence-electron chi connectivity index (χ0n) is 8.73. The SMILES string of the molecule is CCC(N)Cc1[nH]nc2ccccc12.Cl. The number of halogens is 1. The molecular formula is C11H16ClN3. The maximum atomic E-state index is 5.91. The summed E-state index contributed by atoms with van der Waals surface area (Å²) in [6, 6.07) is 8.33. The van der Waals surface area contributed by atoms with Crippen molar-refractivity contribution in [2.45, 2.75) is 25.8 Å².